The number of thiocarbonyl (C=S) groups is 1. The molecule has 98 valence electrons. The van der Waals surface area contributed by atoms with Crippen LogP contribution in [0.2, 0.25) is 0 Å². The number of para-hydroxylation sites is 1. The lowest BCUT2D eigenvalue weighted by Gasteiger charge is -2.18. The van der Waals surface area contributed by atoms with Crippen molar-refractivity contribution in [3.05, 3.63) is 29.8 Å². The first-order chi connectivity index (χ1) is 8.66. The highest BCUT2D eigenvalue weighted by Crippen LogP contribution is 2.24. The van der Waals surface area contributed by atoms with Crippen molar-refractivity contribution in [2.24, 2.45) is 0 Å². The van der Waals surface area contributed by atoms with Crippen LogP contribution >= 0.6 is 12.2 Å². The van der Waals surface area contributed by atoms with Gasteiger partial charge in [-0.3, -0.25) is 0 Å². The Morgan fingerprint density at radius 1 is 1.22 bits per heavy atom. The van der Waals surface area contributed by atoms with Gasteiger partial charge in [-0.25, -0.2) is 0 Å². The van der Waals surface area contributed by atoms with Crippen molar-refractivity contribution in [3.8, 4) is 0 Å². The van der Waals surface area contributed by atoms with Gasteiger partial charge in [-0.15, -0.1) is 0 Å². The number of hydrogen-bond donors (Lipinski definition) is 2. The molecule has 1 aromatic rings. The third kappa shape index (κ3) is 3.45. The van der Waals surface area contributed by atoms with Crippen molar-refractivity contribution in [2.75, 3.05) is 5.32 Å². The fourth-order valence-corrected chi connectivity index (χ4v) is 2.80. The van der Waals surface area contributed by atoms with Crippen LogP contribution in [0.1, 0.15) is 51.0 Å². The second-order valence-electron chi connectivity index (χ2n) is 5.32. The average Bonchev–Trinajstić information content (AvgIpc) is 2.82. The molecular formula is C15H22N2S. The summed E-state index contributed by atoms with van der Waals surface area (Å²) < 4.78 is 0. The SMILES string of the molecule is CC(C)c1ccccc1NC(=S)NC1CCCC1. The summed E-state index contributed by atoms with van der Waals surface area (Å²) in [7, 11) is 0. The summed E-state index contributed by atoms with van der Waals surface area (Å²) in [6.45, 7) is 4.40. The quantitative estimate of drug-likeness (QED) is 0.804. The van der Waals surface area contributed by atoms with E-state index >= 15 is 0 Å². The Balaban J connectivity index is 1.97. The van der Waals surface area contributed by atoms with E-state index in [-0.39, 0.29) is 0 Å². The van der Waals surface area contributed by atoms with E-state index in [0.29, 0.717) is 12.0 Å². The van der Waals surface area contributed by atoms with Crippen LogP contribution in [0.25, 0.3) is 0 Å². The van der Waals surface area contributed by atoms with Crippen LogP contribution in [0.5, 0.6) is 0 Å². The molecule has 3 heteroatoms. The molecule has 0 spiro atoms. The monoisotopic (exact) mass is 262 g/mol. The van der Waals surface area contributed by atoms with Crippen molar-refractivity contribution in [3.63, 3.8) is 0 Å². The summed E-state index contributed by atoms with van der Waals surface area (Å²) in [5.41, 5.74) is 2.44. The maximum atomic E-state index is 5.40. The molecule has 0 aliphatic heterocycles. The second-order valence-corrected chi connectivity index (χ2v) is 5.73. The fraction of sp³-hybridized carbons (Fsp3) is 0.533. The van der Waals surface area contributed by atoms with E-state index in [4.69, 9.17) is 12.2 Å². The van der Waals surface area contributed by atoms with E-state index in [2.05, 4.69) is 42.7 Å². The van der Waals surface area contributed by atoms with Gasteiger partial charge in [0.2, 0.25) is 0 Å². The zero-order chi connectivity index (χ0) is 13.0. The summed E-state index contributed by atoms with van der Waals surface area (Å²) in [6.07, 6.45) is 5.13. The lowest BCUT2D eigenvalue weighted by Crippen LogP contribution is -2.36. The van der Waals surface area contributed by atoms with Crippen LogP contribution in [0, 0.1) is 0 Å². The fourth-order valence-electron chi connectivity index (χ4n) is 2.53. The minimum absolute atomic E-state index is 0.503. The molecule has 0 unspecified atom stereocenters. The second kappa shape index (κ2) is 6.19. The van der Waals surface area contributed by atoms with Crippen molar-refractivity contribution in [1.29, 1.82) is 0 Å². The molecule has 1 aromatic carbocycles. The van der Waals surface area contributed by atoms with Crippen molar-refractivity contribution in [1.82, 2.24) is 5.32 Å². The molecule has 0 amide bonds. The molecule has 0 heterocycles. The highest BCUT2D eigenvalue weighted by Gasteiger charge is 2.16. The van der Waals surface area contributed by atoms with E-state index in [1.807, 2.05) is 6.07 Å². The van der Waals surface area contributed by atoms with Gasteiger partial charge in [0.05, 0.1) is 0 Å². The molecule has 18 heavy (non-hydrogen) atoms. The van der Waals surface area contributed by atoms with Gasteiger partial charge in [0, 0.05) is 11.7 Å². The van der Waals surface area contributed by atoms with E-state index < -0.39 is 0 Å². The zero-order valence-corrected chi connectivity index (χ0v) is 12.0. The Hall–Kier alpha value is -1.09. The summed E-state index contributed by atoms with van der Waals surface area (Å²) in [5.74, 6) is 0.503. The number of anilines is 1. The largest absolute Gasteiger partial charge is 0.360 e. The molecule has 0 radical (unpaired) electrons. The molecule has 1 aliphatic carbocycles. The molecule has 0 atom stereocenters. The summed E-state index contributed by atoms with van der Waals surface area (Å²) in [6, 6.07) is 8.94. The van der Waals surface area contributed by atoms with Gasteiger partial charge >= 0.3 is 0 Å². The van der Waals surface area contributed by atoms with Crippen LogP contribution in [0.3, 0.4) is 0 Å². The van der Waals surface area contributed by atoms with E-state index in [0.717, 1.165) is 10.8 Å². The number of benzene rings is 1. The first-order valence-corrected chi connectivity index (χ1v) is 7.24. The van der Waals surface area contributed by atoms with E-state index in [1.54, 1.807) is 0 Å². The Morgan fingerprint density at radius 3 is 2.56 bits per heavy atom. The first-order valence-electron chi connectivity index (χ1n) is 6.83. The predicted molar refractivity (Wildman–Crippen MR) is 82.1 cm³/mol. The lowest BCUT2D eigenvalue weighted by molar-refractivity contribution is 0.634. The number of nitrogens with one attached hydrogen (secondary N) is 2. The lowest BCUT2D eigenvalue weighted by atomic mass is 10.0. The van der Waals surface area contributed by atoms with Gasteiger partial charge in [0.1, 0.15) is 0 Å². The average molecular weight is 262 g/mol. The predicted octanol–water partition coefficient (Wildman–Crippen LogP) is 4.04. The van der Waals surface area contributed by atoms with Crippen molar-refractivity contribution >= 4 is 23.0 Å². The van der Waals surface area contributed by atoms with Gasteiger partial charge in [-0.05, 0) is 42.6 Å². The van der Waals surface area contributed by atoms with Crippen LogP contribution in [-0.4, -0.2) is 11.2 Å². The van der Waals surface area contributed by atoms with Crippen molar-refractivity contribution in [2.45, 2.75) is 51.5 Å². The molecule has 0 bridgehead atoms. The minimum atomic E-state index is 0.503. The van der Waals surface area contributed by atoms with Gasteiger partial charge in [0.25, 0.3) is 0 Å². The van der Waals surface area contributed by atoms with Gasteiger partial charge in [-0.1, -0.05) is 44.9 Å². The first kappa shape index (κ1) is 13.3. The molecule has 1 fully saturated rings. The van der Waals surface area contributed by atoms with Crippen LogP contribution in [0.15, 0.2) is 24.3 Å². The standard InChI is InChI=1S/C15H22N2S/c1-11(2)13-9-5-6-10-14(13)17-15(18)16-12-7-3-4-8-12/h5-6,9-12H,3-4,7-8H2,1-2H3,(H2,16,17,18). The molecule has 0 saturated heterocycles. The number of rotatable bonds is 3. The van der Waals surface area contributed by atoms with Crippen LogP contribution < -0.4 is 10.6 Å². The van der Waals surface area contributed by atoms with E-state index in [1.165, 1.54) is 31.2 Å². The Labute approximate surface area is 115 Å². The molecule has 0 aromatic heterocycles. The minimum Gasteiger partial charge on any atom is -0.360 e. The normalized spacial score (nSPS) is 15.9. The summed E-state index contributed by atoms with van der Waals surface area (Å²) in [4.78, 5) is 0. The summed E-state index contributed by atoms with van der Waals surface area (Å²) in [5, 5.41) is 7.51. The Kier molecular flexibility index (Phi) is 4.59. The molecular weight excluding hydrogens is 240 g/mol. The molecule has 2 rings (SSSR count). The highest BCUT2D eigenvalue weighted by atomic mass is 32.1. The molecule has 1 saturated carbocycles. The summed E-state index contributed by atoms with van der Waals surface area (Å²) >= 11 is 5.40. The van der Waals surface area contributed by atoms with Crippen LogP contribution in [-0.2, 0) is 0 Å². The van der Waals surface area contributed by atoms with Gasteiger partial charge < -0.3 is 10.6 Å². The maximum Gasteiger partial charge on any atom is 0.171 e. The maximum absolute atomic E-state index is 5.40. The van der Waals surface area contributed by atoms with Gasteiger partial charge in [-0.2, -0.15) is 0 Å². The molecule has 1 aliphatic rings. The third-order valence-corrected chi connectivity index (χ3v) is 3.74. The smallest absolute Gasteiger partial charge is 0.171 e. The zero-order valence-electron chi connectivity index (χ0n) is 11.2. The Morgan fingerprint density at radius 2 is 1.89 bits per heavy atom. The molecule has 2 nitrogen and oxygen atoms in total. The molecule has 2 N–H and O–H groups in total. The third-order valence-electron chi connectivity index (χ3n) is 3.52. The number of hydrogen-bond acceptors (Lipinski definition) is 1. The van der Waals surface area contributed by atoms with Crippen molar-refractivity contribution < 1.29 is 0 Å². The van der Waals surface area contributed by atoms with Gasteiger partial charge in [0.15, 0.2) is 5.11 Å². The van der Waals surface area contributed by atoms with E-state index in [9.17, 15) is 0 Å². The highest BCUT2D eigenvalue weighted by molar-refractivity contribution is 7.80. The Bertz CT molecular complexity index is 409. The topological polar surface area (TPSA) is 24.1 Å². The van der Waals surface area contributed by atoms with Crippen LogP contribution in [0.4, 0.5) is 5.69 Å².